The molecule has 1 saturated heterocycles. The highest BCUT2D eigenvalue weighted by atomic mass is 35.5. The van der Waals surface area contributed by atoms with Gasteiger partial charge in [0.15, 0.2) is 0 Å². The molecule has 5 rings (SSSR count). The van der Waals surface area contributed by atoms with Crippen LogP contribution >= 0.6 is 12.4 Å². The summed E-state index contributed by atoms with van der Waals surface area (Å²) in [6.45, 7) is 6.09. The highest BCUT2D eigenvalue weighted by Gasteiger charge is 2.29. The van der Waals surface area contributed by atoms with E-state index in [9.17, 15) is 4.79 Å². The van der Waals surface area contributed by atoms with E-state index in [0.717, 1.165) is 62.6 Å². The Hall–Kier alpha value is -3.11. The van der Waals surface area contributed by atoms with Gasteiger partial charge in [-0.1, -0.05) is 35.5 Å². The molecule has 2 heterocycles. The Morgan fingerprint density at radius 2 is 1.86 bits per heavy atom. The molecule has 1 fully saturated rings. The number of fused-ring (bicyclic) bond motifs is 4. The zero-order valence-corrected chi connectivity index (χ0v) is 22.1. The molecule has 1 aliphatic carbocycles. The minimum absolute atomic E-state index is 0. The molecule has 0 bridgehead atoms. The summed E-state index contributed by atoms with van der Waals surface area (Å²) in [6.07, 6.45) is 0.881. The number of rotatable bonds is 9. The van der Waals surface area contributed by atoms with E-state index in [0.29, 0.717) is 41.2 Å². The molecule has 37 heavy (non-hydrogen) atoms. The molecule has 0 unspecified atom stereocenters. The molecule has 0 atom stereocenters. The van der Waals surface area contributed by atoms with Crippen molar-refractivity contribution < 1.29 is 14.4 Å². The highest BCUT2D eigenvalue weighted by molar-refractivity contribution is 6.23. The van der Waals surface area contributed by atoms with Crippen LogP contribution in [0, 0.1) is 0 Å². The Balaban J connectivity index is 0.00000320. The van der Waals surface area contributed by atoms with Crippen molar-refractivity contribution in [2.45, 2.75) is 6.42 Å². The van der Waals surface area contributed by atoms with E-state index in [1.54, 1.807) is 6.07 Å². The molecule has 10 heteroatoms. The largest absolute Gasteiger partial charge is 0.395 e. The monoisotopic (exact) mass is 524 g/mol. The average molecular weight is 525 g/mol. The molecule has 1 aliphatic heterocycles. The Morgan fingerprint density at radius 3 is 2.65 bits per heavy atom. The van der Waals surface area contributed by atoms with Crippen molar-refractivity contribution in [1.29, 1.82) is 0 Å². The SMILES string of the molecule is CN(C)CCCO/N=C1\c2ccccc2-c2nc3c(C(=O)NCCN4CCOCC4)cccc3nc21.Cl. The zero-order valence-electron chi connectivity index (χ0n) is 21.3. The summed E-state index contributed by atoms with van der Waals surface area (Å²) in [5, 5.41) is 7.50. The third-order valence-corrected chi connectivity index (χ3v) is 6.42. The van der Waals surface area contributed by atoms with Crippen LogP contribution in [0.5, 0.6) is 0 Å². The normalized spacial score (nSPS) is 15.9. The van der Waals surface area contributed by atoms with Gasteiger partial charge in [0.05, 0.1) is 30.0 Å². The maximum absolute atomic E-state index is 13.1. The molecule has 0 saturated carbocycles. The first-order chi connectivity index (χ1) is 17.6. The van der Waals surface area contributed by atoms with Gasteiger partial charge in [-0.25, -0.2) is 9.97 Å². The lowest BCUT2D eigenvalue weighted by molar-refractivity contribution is 0.0383. The molecule has 1 amide bonds. The third-order valence-electron chi connectivity index (χ3n) is 6.42. The molecule has 0 radical (unpaired) electrons. The van der Waals surface area contributed by atoms with Crippen LogP contribution in [0.4, 0.5) is 0 Å². The highest BCUT2D eigenvalue weighted by Crippen LogP contribution is 2.36. The predicted octanol–water partition coefficient (Wildman–Crippen LogP) is 2.81. The second kappa shape index (κ2) is 12.4. The van der Waals surface area contributed by atoms with Crippen LogP contribution in [0.3, 0.4) is 0 Å². The van der Waals surface area contributed by atoms with E-state index in [-0.39, 0.29) is 18.3 Å². The smallest absolute Gasteiger partial charge is 0.253 e. The van der Waals surface area contributed by atoms with Crippen LogP contribution in [0.2, 0.25) is 0 Å². The van der Waals surface area contributed by atoms with E-state index in [1.807, 2.05) is 50.5 Å². The summed E-state index contributed by atoms with van der Waals surface area (Å²) in [4.78, 5) is 33.0. The number of ether oxygens (including phenoxy) is 1. The van der Waals surface area contributed by atoms with Crippen LogP contribution in [-0.4, -0.2) is 98.0 Å². The van der Waals surface area contributed by atoms with Gasteiger partial charge < -0.3 is 19.8 Å². The minimum Gasteiger partial charge on any atom is -0.395 e. The number of aromatic nitrogens is 2. The molecule has 2 aliphatic rings. The van der Waals surface area contributed by atoms with Crippen LogP contribution < -0.4 is 5.32 Å². The lowest BCUT2D eigenvalue weighted by Gasteiger charge is -2.26. The molecule has 196 valence electrons. The summed E-state index contributed by atoms with van der Waals surface area (Å²) in [6, 6.07) is 13.5. The number of amides is 1. The number of nitrogens with zero attached hydrogens (tertiary/aromatic N) is 5. The molecule has 2 aromatic carbocycles. The van der Waals surface area contributed by atoms with Crippen LogP contribution in [0.1, 0.15) is 28.0 Å². The zero-order chi connectivity index (χ0) is 24.9. The number of hydrogen-bond donors (Lipinski definition) is 1. The van der Waals surface area contributed by atoms with Gasteiger partial charge in [-0.15, -0.1) is 12.4 Å². The van der Waals surface area contributed by atoms with Crippen LogP contribution in [0.25, 0.3) is 22.3 Å². The standard InChI is InChI=1S/C27H32N6O3.ClH/c1-32(2)12-6-16-36-31-25-20-8-4-3-7-19(20)24-26(25)29-22-10-5-9-21(23(22)30-24)27(34)28-11-13-33-14-17-35-18-15-33;/h3-5,7-10H,6,11-18H2,1-2H3,(H,28,34);1H/b31-25+;. The summed E-state index contributed by atoms with van der Waals surface area (Å²) in [5.41, 5.74) is 5.73. The van der Waals surface area contributed by atoms with Crippen molar-refractivity contribution in [2.75, 3.05) is 66.6 Å². The van der Waals surface area contributed by atoms with E-state index >= 15 is 0 Å². The van der Waals surface area contributed by atoms with E-state index in [1.165, 1.54) is 0 Å². The van der Waals surface area contributed by atoms with Crippen LogP contribution in [0.15, 0.2) is 47.6 Å². The fraction of sp³-hybridized carbons (Fsp3) is 0.407. The number of carbonyl (C=O) groups is 1. The number of para-hydroxylation sites is 1. The third kappa shape index (κ3) is 6.07. The van der Waals surface area contributed by atoms with E-state index in [4.69, 9.17) is 19.5 Å². The minimum atomic E-state index is -0.146. The van der Waals surface area contributed by atoms with E-state index < -0.39 is 0 Å². The van der Waals surface area contributed by atoms with Crippen molar-refractivity contribution in [1.82, 2.24) is 25.1 Å². The van der Waals surface area contributed by atoms with Crippen molar-refractivity contribution in [2.24, 2.45) is 5.16 Å². The number of hydrogen-bond acceptors (Lipinski definition) is 8. The topological polar surface area (TPSA) is 92.2 Å². The number of benzene rings is 2. The number of nitrogens with one attached hydrogen (secondary N) is 1. The van der Waals surface area contributed by atoms with Gasteiger partial charge in [0.2, 0.25) is 0 Å². The second-order valence-electron chi connectivity index (χ2n) is 9.28. The van der Waals surface area contributed by atoms with Crippen molar-refractivity contribution >= 4 is 35.1 Å². The van der Waals surface area contributed by atoms with Crippen LogP contribution in [-0.2, 0) is 9.57 Å². The Kier molecular flexibility index (Phi) is 9.04. The number of halogens is 1. The second-order valence-corrected chi connectivity index (χ2v) is 9.28. The van der Waals surface area contributed by atoms with Crippen molar-refractivity contribution in [3.05, 3.63) is 59.3 Å². The maximum atomic E-state index is 13.1. The first-order valence-electron chi connectivity index (χ1n) is 12.5. The summed E-state index contributed by atoms with van der Waals surface area (Å²) in [7, 11) is 4.07. The molecule has 1 aromatic heterocycles. The van der Waals surface area contributed by atoms with Gasteiger partial charge >= 0.3 is 0 Å². The molecule has 0 spiro atoms. The first-order valence-corrected chi connectivity index (χ1v) is 12.5. The fourth-order valence-electron chi connectivity index (χ4n) is 4.53. The molecule has 1 N–H and O–H groups in total. The van der Waals surface area contributed by atoms with Gasteiger partial charge in [-0.3, -0.25) is 9.69 Å². The molecule has 3 aromatic rings. The lowest BCUT2D eigenvalue weighted by atomic mass is 10.1. The Labute approximate surface area is 223 Å². The van der Waals surface area contributed by atoms with Gasteiger partial charge in [0.25, 0.3) is 5.91 Å². The van der Waals surface area contributed by atoms with Crippen molar-refractivity contribution in [3.63, 3.8) is 0 Å². The maximum Gasteiger partial charge on any atom is 0.253 e. The van der Waals surface area contributed by atoms with Gasteiger partial charge in [0.1, 0.15) is 23.5 Å². The molecular weight excluding hydrogens is 492 g/mol. The lowest BCUT2D eigenvalue weighted by Crippen LogP contribution is -2.41. The summed E-state index contributed by atoms with van der Waals surface area (Å²) in [5.74, 6) is -0.146. The molecular formula is C27H33ClN6O3. The summed E-state index contributed by atoms with van der Waals surface area (Å²) < 4.78 is 5.39. The quantitative estimate of drug-likeness (QED) is 0.266. The van der Waals surface area contributed by atoms with Gasteiger partial charge in [-0.2, -0.15) is 0 Å². The number of morpholine rings is 1. The first kappa shape index (κ1) is 26.9. The van der Waals surface area contributed by atoms with Crippen molar-refractivity contribution in [3.8, 4) is 11.3 Å². The fourth-order valence-corrected chi connectivity index (χ4v) is 4.53. The Bertz CT molecular complexity index is 1280. The molecule has 9 nitrogen and oxygen atoms in total. The summed E-state index contributed by atoms with van der Waals surface area (Å²) >= 11 is 0. The predicted molar refractivity (Wildman–Crippen MR) is 147 cm³/mol. The Morgan fingerprint density at radius 1 is 1.08 bits per heavy atom. The van der Waals surface area contributed by atoms with Gasteiger partial charge in [-0.05, 0) is 32.6 Å². The van der Waals surface area contributed by atoms with E-state index in [2.05, 4.69) is 20.3 Å². The average Bonchev–Trinajstić information content (AvgIpc) is 3.20. The number of oxime groups is 1. The number of carbonyl (C=O) groups excluding carboxylic acids is 1. The van der Waals surface area contributed by atoms with Gasteiger partial charge in [0, 0.05) is 43.9 Å².